The maximum Gasteiger partial charge on any atom is 0.260 e. The summed E-state index contributed by atoms with van der Waals surface area (Å²) in [5.74, 6) is 5.43. The van der Waals surface area contributed by atoms with E-state index in [1.807, 2.05) is 6.92 Å². The number of thiazole rings is 1. The van der Waals surface area contributed by atoms with Gasteiger partial charge >= 0.3 is 0 Å². The molecular formula is C10H17N5O3S3. The molecule has 0 spiro atoms. The molecule has 0 aliphatic heterocycles. The molecule has 11 heteroatoms. The van der Waals surface area contributed by atoms with E-state index >= 15 is 0 Å². The number of nitrogens with zero attached hydrogens (tertiary/aromatic N) is 2. The quantitative estimate of drug-likeness (QED) is 0.481. The number of nitrogens with one attached hydrogen (secondary N) is 2. The number of nitrogen functional groups attached to an aromatic ring is 1. The van der Waals surface area contributed by atoms with E-state index in [-0.39, 0.29) is 22.6 Å². The summed E-state index contributed by atoms with van der Waals surface area (Å²) in [5.41, 5.74) is 2.30. The van der Waals surface area contributed by atoms with Crippen molar-refractivity contribution in [1.29, 1.82) is 0 Å². The third-order valence-electron chi connectivity index (χ3n) is 3.02. The van der Waals surface area contributed by atoms with Crippen LogP contribution >= 0.6 is 11.3 Å². The van der Waals surface area contributed by atoms with Crippen LogP contribution in [0.2, 0.25) is 0 Å². The second-order valence-corrected chi connectivity index (χ2v) is 8.82. The Morgan fingerprint density at radius 3 is 2.90 bits per heavy atom. The predicted molar refractivity (Wildman–Crippen MR) is 84.2 cm³/mol. The minimum Gasteiger partial charge on any atom is -0.306 e. The van der Waals surface area contributed by atoms with Gasteiger partial charge in [-0.3, -0.25) is 8.61 Å². The van der Waals surface area contributed by atoms with E-state index in [1.54, 1.807) is 17.8 Å². The molecule has 0 aliphatic carbocycles. The monoisotopic (exact) mass is 351 g/mol. The first-order valence-electron chi connectivity index (χ1n) is 6.11. The number of hydrogen-bond acceptors (Lipinski definition) is 7. The zero-order valence-electron chi connectivity index (χ0n) is 11.6. The van der Waals surface area contributed by atoms with E-state index < -0.39 is 20.8 Å². The molecule has 2 heterocycles. The first-order valence-corrected chi connectivity index (χ1v) is 10.1. The van der Waals surface area contributed by atoms with Gasteiger partial charge in [0.25, 0.3) is 10.0 Å². The smallest absolute Gasteiger partial charge is 0.260 e. The van der Waals surface area contributed by atoms with Crippen molar-refractivity contribution in [2.45, 2.75) is 23.6 Å². The molecule has 0 saturated carbocycles. The first-order chi connectivity index (χ1) is 9.86. The molecule has 0 aromatic carbocycles. The maximum atomic E-state index is 12.4. The molecule has 21 heavy (non-hydrogen) atoms. The Labute approximate surface area is 129 Å². The number of rotatable bonds is 7. The van der Waals surface area contributed by atoms with Gasteiger partial charge in [0.05, 0.1) is 0 Å². The van der Waals surface area contributed by atoms with Crippen LogP contribution in [-0.4, -0.2) is 40.1 Å². The molecular weight excluding hydrogens is 334 g/mol. The highest BCUT2D eigenvalue weighted by Gasteiger charge is 2.25. The van der Waals surface area contributed by atoms with Crippen LogP contribution in [0.1, 0.15) is 13.3 Å². The Bertz CT molecular complexity index is 751. The van der Waals surface area contributed by atoms with Crippen molar-refractivity contribution in [1.82, 2.24) is 14.1 Å². The lowest BCUT2D eigenvalue weighted by Crippen LogP contribution is -2.29. The Kier molecular flexibility index (Phi) is 4.99. The van der Waals surface area contributed by atoms with Crippen LogP contribution in [0.15, 0.2) is 16.6 Å². The Morgan fingerprint density at radius 2 is 2.29 bits per heavy atom. The molecule has 2 unspecified atom stereocenters. The van der Waals surface area contributed by atoms with Crippen molar-refractivity contribution in [3.8, 4) is 0 Å². The van der Waals surface area contributed by atoms with E-state index in [9.17, 15) is 12.6 Å². The molecule has 0 aliphatic rings. The third kappa shape index (κ3) is 3.43. The zero-order valence-corrected chi connectivity index (χ0v) is 14.0. The van der Waals surface area contributed by atoms with Gasteiger partial charge in [0.1, 0.15) is 0 Å². The summed E-state index contributed by atoms with van der Waals surface area (Å²) in [7, 11) is -4.74. The number of anilines is 1. The molecule has 0 bridgehead atoms. The highest BCUT2D eigenvalue weighted by atomic mass is 32.2. The van der Waals surface area contributed by atoms with Gasteiger partial charge in [0.15, 0.2) is 10.8 Å². The second kappa shape index (κ2) is 6.40. The summed E-state index contributed by atoms with van der Waals surface area (Å²) < 4.78 is 40.0. The summed E-state index contributed by atoms with van der Waals surface area (Å²) in [5, 5.41) is 1.64. The van der Waals surface area contributed by atoms with Gasteiger partial charge in [-0.05, 0) is 6.42 Å². The average Bonchev–Trinajstić information content (AvgIpc) is 2.97. The predicted octanol–water partition coefficient (Wildman–Crippen LogP) is 0.117. The molecule has 2 aromatic heterocycles. The van der Waals surface area contributed by atoms with Crippen LogP contribution in [0.3, 0.4) is 0 Å². The minimum absolute atomic E-state index is 0.0217. The fourth-order valence-electron chi connectivity index (χ4n) is 1.75. The number of nitrogens with two attached hydrogens (primary N) is 1. The fraction of sp³-hybridized carbons (Fsp3) is 0.500. The number of sulfonamides is 1. The second-order valence-electron chi connectivity index (χ2n) is 4.46. The van der Waals surface area contributed by atoms with E-state index in [2.05, 4.69) is 15.1 Å². The molecule has 2 rings (SSSR count). The number of imidazole rings is 1. The van der Waals surface area contributed by atoms with Gasteiger partial charge in [-0.15, -0.1) is 11.3 Å². The molecule has 0 fully saturated rings. The van der Waals surface area contributed by atoms with Crippen LogP contribution in [0.5, 0.6) is 0 Å². The van der Waals surface area contributed by atoms with Crippen LogP contribution < -0.4 is 16.0 Å². The summed E-state index contributed by atoms with van der Waals surface area (Å²) in [4.78, 5) is 4.64. The van der Waals surface area contributed by atoms with Gasteiger partial charge < -0.3 is 5.43 Å². The number of aromatic nitrogens is 2. The topological polar surface area (TPSA) is 119 Å². The molecule has 0 amide bonds. The molecule has 2 atom stereocenters. The van der Waals surface area contributed by atoms with Crippen molar-refractivity contribution in [3.05, 3.63) is 11.6 Å². The average molecular weight is 351 g/mol. The van der Waals surface area contributed by atoms with E-state index in [4.69, 9.17) is 5.84 Å². The molecule has 118 valence electrons. The lowest BCUT2D eigenvalue weighted by molar-refractivity contribution is 0.573. The van der Waals surface area contributed by atoms with Crippen molar-refractivity contribution in [2.75, 3.05) is 18.2 Å². The van der Waals surface area contributed by atoms with Crippen LogP contribution in [0, 0.1) is 0 Å². The van der Waals surface area contributed by atoms with Crippen molar-refractivity contribution in [3.63, 3.8) is 0 Å². The van der Waals surface area contributed by atoms with Gasteiger partial charge in [0.2, 0.25) is 5.03 Å². The van der Waals surface area contributed by atoms with Gasteiger partial charge in [-0.2, -0.15) is 4.98 Å². The molecule has 0 saturated heterocycles. The Morgan fingerprint density at radius 1 is 1.57 bits per heavy atom. The van der Waals surface area contributed by atoms with Gasteiger partial charge in [0, 0.05) is 40.4 Å². The largest absolute Gasteiger partial charge is 0.306 e. The number of fused-ring (bicyclic) bond motifs is 1. The number of hydrazine groups is 1. The standard InChI is InChI=1S/C10H17N5O3S3/c1-7(20(2)16)3-4-12-21(17,18)9-8(14-11)13-10-15(9)5-6-19-10/h5-7,12,14H,3-4,11H2,1-2H3. The van der Waals surface area contributed by atoms with Gasteiger partial charge in [-0.1, -0.05) is 6.92 Å². The lowest BCUT2D eigenvalue weighted by atomic mass is 10.3. The Balaban J connectivity index is 2.21. The first kappa shape index (κ1) is 16.4. The fourth-order valence-corrected chi connectivity index (χ4v) is 4.26. The van der Waals surface area contributed by atoms with Crippen LogP contribution in [0.25, 0.3) is 4.96 Å². The van der Waals surface area contributed by atoms with E-state index in [0.29, 0.717) is 11.4 Å². The SMILES string of the molecule is CC(CCNS(=O)(=O)c1c(NN)nc2sccn12)S(C)=O. The summed E-state index contributed by atoms with van der Waals surface area (Å²) in [6, 6.07) is 0. The van der Waals surface area contributed by atoms with Crippen LogP contribution in [0.4, 0.5) is 5.82 Å². The minimum atomic E-state index is -3.76. The summed E-state index contributed by atoms with van der Waals surface area (Å²) in [6.07, 6.45) is 3.70. The molecule has 4 N–H and O–H groups in total. The van der Waals surface area contributed by atoms with Crippen molar-refractivity contribution >= 4 is 42.9 Å². The molecule has 0 radical (unpaired) electrons. The highest BCUT2D eigenvalue weighted by molar-refractivity contribution is 7.89. The Hall–Kier alpha value is -1.01. The number of hydrogen-bond donors (Lipinski definition) is 3. The summed E-state index contributed by atoms with van der Waals surface area (Å²) in [6.45, 7) is 2.01. The normalized spacial score (nSPS) is 15.2. The van der Waals surface area contributed by atoms with E-state index in [0.717, 1.165) is 0 Å². The summed E-state index contributed by atoms with van der Waals surface area (Å²) >= 11 is 1.31. The maximum absolute atomic E-state index is 12.4. The van der Waals surface area contributed by atoms with Crippen molar-refractivity contribution < 1.29 is 12.6 Å². The zero-order chi connectivity index (χ0) is 15.6. The molecule has 8 nitrogen and oxygen atoms in total. The van der Waals surface area contributed by atoms with Gasteiger partial charge in [-0.25, -0.2) is 19.0 Å². The third-order valence-corrected chi connectivity index (χ3v) is 6.63. The van der Waals surface area contributed by atoms with Crippen LogP contribution in [-0.2, 0) is 20.8 Å². The van der Waals surface area contributed by atoms with Crippen molar-refractivity contribution in [2.24, 2.45) is 5.84 Å². The molecule has 2 aromatic rings. The highest BCUT2D eigenvalue weighted by Crippen LogP contribution is 2.24. The van der Waals surface area contributed by atoms with E-state index in [1.165, 1.54) is 15.7 Å². The lowest BCUT2D eigenvalue weighted by Gasteiger charge is -2.10.